The Bertz CT molecular complexity index is 455. The van der Waals surface area contributed by atoms with Gasteiger partial charge in [-0.25, -0.2) is 4.98 Å². The second-order valence-electron chi connectivity index (χ2n) is 3.62. The fourth-order valence-corrected chi connectivity index (χ4v) is 1.91. The Hall–Kier alpha value is -1.31. The van der Waals surface area contributed by atoms with Crippen LogP contribution >= 0.6 is 0 Å². The molecule has 0 atom stereocenters. The molecule has 0 spiro atoms. The molecule has 1 aromatic heterocycles. The molecule has 2 rings (SSSR count). The number of nitrogens with zero attached hydrogens (tertiary/aromatic N) is 2. The number of aromatic nitrogens is 2. The molecule has 0 N–H and O–H groups in total. The van der Waals surface area contributed by atoms with E-state index in [0.29, 0.717) is 0 Å². The molecular weight excluding hydrogens is 172 g/mol. The summed E-state index contributed by atoms with van der Waals surface area (Å²) < 4.78 is 2.29. The zero-order chi connectivity index (χ0) is 10.1. The van der Waals surface area contributed by atoms with Crippen LogP contribution in [0.3, 0.4) is 0 Å². The van der Waals surface area contributed by atoms with Gasteiger partial charge in [-0.15, -0.1) is 0 Å². The molecule has 2 nitrogen and oxygen atoms in total. The highest BCUT2D eigenvalue weighted by Gasteiger charge is 2.06. The molecule has 74 valence electrons. The minimum Gasteiger partial charge on any atom is -0.328 e. The van der Waals surface area contributed by atoms with Crippen molar-refractivity contribution in [2.24, 2.45) is 0 Å². The number of benzene rings is 1. The molecule has 0 fully saturated rings. The summed E-state index contributed by atoms with van der Waals surface area (Å²) in [6.45, 7) is 7.43. The van der Waals surface area contributed by atoms with E-state index in [9.17, 15) is 0 Å². The lowest BCUT2D eigenvalue weighted by Gasteiger charge is -2.02. The third kappa shape index (κ3) is 1.31. The van der Waals surface area contributed by atoms with E-state index in [-0.39, 0.29) is 0 Å². The van der Waals surface area contributed by atoms with Crippen LogP contribution in [0.1, 0.15) is 25.2 Å². The second-order valence-corrected chi connectivity index (χ2v) is 3.62. The van der Waals surface area contributed by atoms with Gasteiger partial charge in [0.05, 0.1) is 11.0 Å². The molecule has 0 saturated heterocycles. The highest BCUT2D eigenvalue weighted by molar-refractivity contribution is 5.76. The van der Waals surface area contributed by atoms with Crippen LogP contribution < -0.4 is 0 Å². The van der Waals surface area contributed by atoms with E-state index in [1.807, 2.05) is 0 Å². The number of hydrogen-bond acceptors (Lipinski definition) is 1. The van der Waals surface area contributed by atoms with Gasteiger partial charge in [0, 0.05) is 13.0 Å². The van der Waals surface area contributed by atoms with Gasteiger partial charge in [0.1, 0.15) is 5.82 Å². The summed E-state index contributed by atoms with van der Waals surface area (Å²) >= 11 is 0. The zero-order valence-corrected chi connectivity index (χ0v) is 9.04. The third-order valence-electron chi connectivity index (χ3n) is 2.62. The predicted octanol–water partition coefficient (Wildman–Crippen LogP) is 2.93. The normalized spacial score (nSPS) is 11.1. The monoisotopic (exact) mass is 188 g/mol. The number of fused-ring (bicyclic) bond motifs is 1. The largest absolute Gasteiger partial charge is 0.328 e. The third-order valence-corrected chi connectivity index (χ3v) is 2.62. The lowest BCUT2D eigenvalue weighted by molar-refractivity contribution is 0.726. The van der Waals surface area contributed by atoms with E-state index in [1.54, 1.807) is 0 Å². The van der Waals surface area contributed by atoms with E-state index in [2.05, 4.69) is 48.5 Å². The average molecular weight is 188 g/mol. The van der Waals surface area contributed by atoms with Crippen LogP contribution in [0.15, 0.2) is 18.2 Å². The summed E-state index contributed by atoms with van der Waals surface area (Å²) in [6, 6.07) is 6.47. The van der Waals surface area contributed by atoms with Crippen molar-refractivity contribution in [3.8, 4) is 0 Å². The minimum atomic E-state index is 1.00. The van der Waals surface area contributed by atoms with Crippen LogP contribution in [0, 0.1) is 6.92 Å². The molecule has 0 bridgehead atoms. The van der Waals surface area contributed by atoms with Crippen molar-refractivity contribution in [2.45, 2.75) is 33.7 Å². The van der Waals surface area contributed by atoms with Crippen molar-refractivity contribution in [1.29, 1.82) is 0 Å². The predicted molar refractivity (Wildman–Crippen MR) is 59.5 cm³/mol. The molecule has 1 aromatic carbocycles. The van der Waals surface area contributed by atoms with Gasteiger partial charge in [-0.1, -0.05) is 13.0 Å². The van der Waals surface area contributed by atoms with Crippen molar-refractivity contribution >= 4 is 11.0 Å². The summed E-state index contributed by atoms with van der Waals surface area (Å²) in [7, 11) is 0. The van der Waals surface area contributed by atoms with E-state index < -0.39 is 0 Å². The molecule has 1 heterocycles. The summed E-state index contributed by atoms with van der Waals surface area (Å²) in [5.41, 5.74) is 3.67. The van der Waals surface area contributed by atoms with Crippen LogP contribution in [0.2, 0.25) is 0 Å². The smallest absolute Gasteiger partial charge is 0.109 e. The van der Waals surface area contributed by atoms with Crippen LogP contribution in [-0.2, 0) is 13.0 Å². The lowest BCUT2D eigenvalue weighted by atomic mass is 10.2. The lowest BCUT2D eigenvalue weighted by Crippen LogP contribution is -1.99. The summed E-state index contributed by atoms with van der Waals surface area (Å²) in [4.78, 5) is 4.63. The van der Waals surface area contributed by atoms with E-state index in [0.717, 1.165) is 18.5 Å². The zero-order valence-electron chi connectivity index (χ0n) is 9.04. The van der Waals surface area contributed by atoms with Gasteiger partial charge in [-0.3, -0.25) is 0 Å². The Kier molecular flexibility index (Phi) is 2.28. The first kappa shape index (κ1) is 9.25. The molecule has 2 heteroatoms. The Morgan fingerprint density at radius 2 is 2.07 bits per heavy atom. The van der Waals surface area contributed by atoms with Gasteiger partial charge in [-0.2, -0.15) is 0 Å². The van der Waals surface area contributed by atoms with Gasteiger partial charge < -0.3 is 4.57 Å². The van der Waals surface area contributed by atoms with Crippen LogP contribution in [0.25, 0.3) is 11.0 Å². The molecule has 0 radical (unpaired) electrons. The Labute approximate surface area is 84.6 Å². The number of hydrogen-bond donors (Lipinski definition) is 0. The average Bonchev–Trinajstić information content (AvgIpc) is 2.54. The van der Waals surface area contributed by atoms with Crippen molar-refractivity contribution in [2.75, 3.05) is 0 Å². The summed E-state index contributed by atoms with van der Waals surface area (Å²) in [5, 5.41) is 0. The summed E-state index contributed by atoms with van der Waals surface area (Å²) in [5.74, 6) is 1.19. The highest BCUT2D eigenvalue weighted by Crippen LogP contribution is 2.17. The highest BCUT2D eigenvalue weighted by atomic mass is 15.1. The van der Waals surface area contributed by atoms with E-state index >= 15 is 0 Å². The molecule has 0 aliphatic carbocycles. The Morgan fingerprint density at radius 1 is 1.29 bits per heavy atom. The van der Waals surface area contributed by atoms with Gasteiger partial charge in [0.15, 0.2) is 0 Å². The fourth-order valence-electron chi connectivity index (χ4n) is 1.91. The SMILES string of the molecule is CCc1nc2cc(C)ccc2n1CC. The molecule has 0 unspecified atom stereocenters. The van der Waals surface area contributed by atoms with Crippen LogP contribution in [0.4, 0.5) is 0 Å². The molecule has 14 heavy (non-hydrogen) atoms. The Balaban J connectivity index is 2.73. The van der Waals surface area contributed by atoms with Crippen LogP contribution in [0.5, 0.6) is 0 Å². The number of aryl methyl sites for hydroxylation is 3. The first-order valence-corrected chi connectivity index (χ1v) is 5.22. The van der Waals surface area contributed by atoms with Crippen molar-refractivity contribution in [3.05, 3.63) is 29.6 Å². The van der Waals surface area contributed by atoms with Crippen LogP contribution in [-0.4, -0.2) is 9.55 Å². The Morgan fingerprint density at radius 3 is 2.71 bits per heavy atom. The fraction of sp³-hybridized carbons (Fsp3) is 0.417. The number of rotatable bonds is 2. The van der Waals surface area contributed by atoms with Crippen molar-refractivity contribution in [1.82, 2.24) is 9.55 Å². The van der Waals surface area contributed by atoms with Crippen molar-refractivity contribution in [3.63, 3.8) is 0 Å². The maximum Gasteiger partial charge on any atom is 0.109 e. The molecule has 0 aliphatic heterocycles. The maximum atomic E-state index is 4.63. The van der Waals surface area contributed by atoms with E-state index in [1.165, 1.54) is 16.9 Å². The molecule has 0 aliphatic rings. The molecular formula is C12H16N2. The van der Waals surface area contributed by atoms with Gasteiger partial charge in [-0.05, 0) is 31.5 Å². The van der Waals surface area contributed by atoms with Gasteiger partial charge >= 0.3 is 0 Å². The first-order chi connectivity index (χ1) is 6.76. The molecule has 2 aromatic rings. The quantitative estimate of drug-likeness (QED) is 0.708. The van der Waals surface area contributed by atoms with Gasteiger partial charge in [0.2, 0.25) is 0 Å². The molecule has 0 saturated carbocycles. The maximum absolute atomic E-state index is 4.63. The first-order valence-electron chi connectivity index (χ1n) is 5.22. The van der Waals surface area contributed by atoms with Gasteiger partial charge in [0.25, 0.3) is 0 Å². The van der Waals surface area contributed by atoms with Crippen molar-refractivity contribution < 1.29 is 0 Å². The van der Waals surface area contributed by atoms with E-state index in [4.69, 9.17) is 0 Å². The second kappa shape index (κ2) is 3.45. The molecule has 0 amide bonds. The standard InChI is InChI=1S/C12H16N2/c1-4-12-13-10-8-9(3)6-7-11(10)14(12)5-2/h6-8H,4-5H2,1-3H3. The minimum absolute atomic E-state index is 1.00. The topological polar surface area (TPSA) is 17.8 Å². The summed E-state index contributed by atoms with van der Waals surface area (Å²) in [6.07, 6.45) is 1.00. The number of imidazole rings is 1.